The molecule has 1 amide bonds. The molecule has 2 saturated carbocycles. The summed E-state index contributed by atoms with van der Waals surface area (Å²) in [4.78, 5) is 26.0. The number of carbonyl (C=O) groups is 2. The highest BCUT2D eigenvalue weighted by atomic mass is 16.4. The van der Waals surface area contributed by atoms with E-state index in [0.29, 0.717) is 24.8 Å². The summed E-state index contributed by atoms with van der Waals surface area (Å²) in [5.41, 5.74) is 0. The van der Waals surface area contributed by atoms with Gasteiger partial charge in [0.15, 0.2) is 0 Å². The first kappa shape index (κ1) is 14.9. The molecular formula is C17H27NO3. The molecule has 1 atom stereocenters. The highest BCUT2D eigenvalue weighted by Crippen LogP contribution is 2.38. The molecule has 0 radical (unpaired) electrons. The molecule has 4 heteroatoms. The Morgan fingerprint density at radius 3 is 2.05 bits per heavy atom. The van der Waals surface area contributed by atoms with E-state index in [1.54, 1.807) is 0 Å². The van der Waals surface area contributed by atoms with E-state index in [1.807, 2.05) is 0 Å². The Kier molecular flexibility index (Phi) is 4.51. The van der Waals surface area contributed by atoms with E-state index < -0.39 is 5.97 Å². The highest BCUT2D eigenvalue weighted by molar-refractivity contribution is 5.80. The fourth-order valence-electron chi connectivity index (χ4n) is 4.72. The fraction of sp³-hybridized carbons (Fsp3) is 0.882. The van der Waals surface area contributed by atoms with Gasteiger partial charge in [0, 0.05) is 18.5 Å². The summed E-state index contributed by atoms with van der Waals surface area (Å²) in [5, 5.41) is 9.06. The number of carboxylic acid groups (broad SMARTS) is 1. The predicted molar refractivity (Wildman–Crippen MR) is 79.8 cm³/mol. The predicted octanol–water partition coefficient (Wildman–Crippen LogP) is 3.06. The third-order valence-corrected chi connectivity index (χ3v) is 5.95. The molecule has 1 N–H and O–H groups in total. The molecule has 1 saturated heterocycles. The molecule has 4 nitrogen and oxygen atoms in total. The van der Waals surface area contributed by atoms with Crippen molar-refractivity contribution in [2.24, 2.45) is 17.8 Å². The molecule has 1 heterocycles. The van der Waals surface area contributed by atoms with Crippen LogP contribution in [-0.4, -0.2) is 34.5 Å². The van der Waals surface area contributed by atoms with Crippen LogP contribution in [0.2, 0.25) is 0 Å². The topological polar surface area (TPSA) is 57.6 Å². The minimum Gasteiger partial charge on any atom is -0.481 e. The number of amides is 1. The molecule has 0 bridgehead atoms. The lowest BCUT2D eigenvalue weighted by Gasteiger charge is -2.34. The van der Waals surface area contributed by atoms with E-state index in [-0.39, 0.29) is 11.8 Å². The van der Waals surface area contributed by atoms with Gasteiger partial charge in [0.05, 0.1) is 5.92 Å². The Labute approximate surface area is 126 Å². The SMILES string of the molecule is O=C(O)C1CCC(C(=O)N2CCCC2C2CCCC2)CC1. The summed E-state index contributed by atoms with van der Waals surface area (Å²) >= 11 is 0. The highest BCUT2D eigenvalue weighted by Gasteiger charge is 2.39. The number of hydrogen-bond donors (Lipinski definition) is 1. The van der Waals surface area contributed by atoms with Crippen molar-refractivity contribution in [3.05, 3.63) is 0 Å². The Hall–Kier alpha value is -1.06. The van der Waals surface area contributed by atoms with Gasteiger partial charge in [-0.3, -0.25) is 9.59 Å². The van der Waals surface area contributed by atoms with Crippen molar-refractivity contribution in [3.63, 3.8) is 0 Å². The molecule has 1 aliphatic heterocycles. The number of carbonyl (C=O) groups excluding carboxylic acids is 1. The molecule has 0 aromatic rings. The average Bonchev–Trinajstić information content (AvgIpc) is 3.17. The third kappa shape index (κ3) is 3.09. The van der Waals surface area contributed by atoms with E-state index in [9.17, 15) is 9.59 Å². The van der Waals surface area contributed by atoms with Crippen molar-refractivity contribution >= 4 is 11.9 Å². The first-order chi connectivity index (χ1) is 10.2. The molecule has 0 aromatic carbocycles. The van der Waals surface area contributed by atoms with Gasteiger partial charge in [-0.2, -0.15) is 0 Å². The van der Waals surface area contributed by atoms with Crippen molar-refractivity contribution in [2.45, 2.75) is 70.3 Å². The molecular weight excluding hydrogens is 266 g/mol. The first-order valence-corrected chi connectivity index (χ1v) is 8.70. The summed E-state index contributed by atoms with van der Waals surface area (Å²) in [7, 11) is 0. The molecule has 1 unspecified atom stereocenters. The van der Waals surface area contributed by atoms with Gasteiger partial charge < -0.3 is 10.0 Å². The zero-order valence-corrected chi connectivity index (χ0v) is 12.8. The van der Waals surface area contributed by atoms with Gasteiger partial charge in [0.1, 0.15) is 0 Å². The monoisotopic (exact) mass is 293 g/mol. The molecule has 3 rings (SSSR count). The van der Waals surface area contributed by atoms with Crippen LogP contribution < -0.4 is 0 Å². The molecule has 21 heavy (non-hydrogen) atoms. The Morgan fingerprint density at radius 2 is 1.43 bits per heavy atom. The number of likely N-dealkylation sites (tertiary alicyclic amines) is 1. The van der Waals surface area contributed by atoms with Crippen LogP contribution in [0.25, 0.3) is 0 Å². The van der Waals surface area contributed by atoms with Gasteiger partial charge >= 0.3 is 5.97 Å². The number of hydrogen-bond acceptors (Lipinski definition) is 2. The second kappa shape index (κ2) is 6.37. The van der Waals surface area contributed by atoms with E-state index in [2.05, 4.69) is 4.90 Å². The van der Waals surface area contributed by atoms with Gasteiger partial charge in [0.25, 0.3) is 0 Å². The van der Waals surface area contributed by atoms with Crippen LogP contribution in [0.1, 0.15) is 64.2 Å². The minimum atomic E-state index is -0.689. The van der Waals surface area contributed by atoms with Crippen LogP contribution in [0.4, 0.5) is 0 Å². The standard InChI is InChI=1S/C17H27NO3/c19-16(13-7-9-14(10-8-13)17(20)21)18-11-3-6-15(18)12-4-1-2-5-12/h12-15H,1-11H2,(H,20,21). The quantitative estimate of drug-likeness (QED) is 0.870. The van der Waals surface area contributed by atoms with Crippen molar-refractivity contribution < 1.29 is 14.7 Å². The second-order valence-corrected chi connectivity index (χ2v) is 7.17. The minimum absolute atomic E-state index is 0.0857. The summed E-state index contributed by atoms with van der Waals surface area (Å²) in [6, 6.07) is 0.484. The fourth-order valence-corrected chi connectivity index (χ4v) is 4.72. The largest absolute Gasteiger partial charge is 0.481 e. The maximum atomic E-state index is 12.8. The van der Waals surface area contributed by atoms with Crippen LogP contribution in [0, 0.1) is 17.8 Å². The van der Waals surface area contributed by atoms with E-state index in [4.69, 9.17) is 5.11 Å². The lowest BCUT2D eigenvalue weighted by Crippen LogP contribution is -2.43. The second-order valence-electron chi connectivity index (χ2n) is 7.17. The van der Waals surface area contributed by atoms with Crippen molar-refractivity contribution in [1.29, 1.82) is 0 Å². The van der Waals surface area contributed by atoms with Gasteiger partial charge in [-0.05, 0) is 57.3 Å². The van der Waals surface area contributed by atoms with Crippen molar-refractivity contribution in [1.82, 2.24) is 4.90 Å². The van der Waals surface area contributed by atoms with Crippen LogP contribution in [-0.2, 0) is 9.59 Å². The number of nitrogens with zero attached hydrogens (tertiary/aromatic N) is 1. The van der Waals surface area contributed by atoms with E-state index in [1.165, 1.54) is 32.1 Å². The Balaban J connectivity index is 1.58. The van der Waals surface area contributed by atoms with E-state index >= 15 is 0 Å². The molecule has 3 fully saturated rings. The molecule has 3 aliphatic rings. The van der Waals surface area contributed by atoms with E-state index in [0.717, 1.165) is 31.7 Å². The van der Waals surface area contributed by atoms with Crippen LogP contribution in [0.3, 0.4) is 0 Å². The zero-order chi connectivity index (χ0) is 14.8. The van der Waals surface area contributed by atoms with Crippen molar-refractivity contribution in [3.8, 4) is 0 Å². The number of rotatable bonds is 3. The van der Waals surface area contributed by atoms with Gasteiger partial charge in [0.2, 0.25) is 5.91 Å². The van der Waals surface area contributed by atoms with Crippen molar-refractivity contribution in [2.75, 3.05) is 6.54 Å². The number of aliphatic carboxylic acids is 1. The molecule has 0 aromatic heterocycles. The zero-order valence-electron chi connectivity index (χ0n) is 12.8. The average molecular weight is 293 g/mol. The third-order valence-electron chi connectivity index (χ3n) is 5.95. The van der Waals surface area contributed by atoms with Crippen LogP contribution in [0.5, 0.6) is 0 Å². The summed E-state index contributed by atoms with van der Waals surface area (Å²) in [6.45, 7) is 0.929. The van der Waals surface area contributed by atoms with Gasteiger partial charge in [-0.15, -0.1) is 0 Å². The Bertz CT molecular complexity index is 395. The maximum Gasteiger partial charge on any atom is 0.306 e. The number of carboxylic acids is 1. The van der Waals surface area contributed by atoms with Gasteiger partial charge in [-0.25, -0.2) is 0 Å². The first-order valence-electron chi connectivity index (χ1n) is 8.70. The lowest BCUT2D eigenvalue weighted by atomic mass is 9.81. The van der Waals surface area contributed by atoms with Gasteiger partial charge in [-0.1, -0.05) is 12.8 Å². The Morgan fingerprint density at radius 1 is 0.810 bits per heavy atom. The lowest BCUT2D eigenvalue weighted by molar-refractivity contribution is -0.146. The van der Waals surface area contributed by atoms with Crippen LogP contribution >= 0.6 is 0 Å². The molecule has 2 aliphatic carbocycles. The summed E-state index contributed by atoms with van der Waals surface area (Å²) in [6.07, 6.45) is 10.5. The normalized spacial score (nSPS) is 34.3. The summed E-state index contributed by atoms with van der Waals surface area (Å²) in [5.74, 6) is 0.229. The molecule has 118 valence electrons. The summed E-state index contributed by atoms with van der Waals surface area (Å²) < 4.78 is 0. The maximum absolute atomic E-state index is 12.8. The smallest absolute Gasteiger partial charge is 0.306 e. The molecule has 0 spiro atoms. The van der Waals surface area contributed by atoms with Crippen LogP contribution in [0.15, 0.2) is 0 Å².